The summed E-state index contributed by atoms with van der Waals surface area (Å²) >= 11 is 6.57. The molecule has 1 fully saturated rings. The average molecular weight is 428 g/mol. The lowest BCUT2D eigenvalue weighted by Gasteiger charge is -2.21. The number of benzene rings is 1. The van der Waals surface area contributed by atoms with Gasteiger partial charge in [0.1, 0.15) is 11.6 Å². The van der Waals surface area contributed by atoms with E-state index in [0.29, 0.717) is 23.1 Å². The molecule has 1 saturated carbocycles. The predicted octanol–water partition coefficient (Wildman–Crippen LogP) is 5.19. The van der Waals surface area contributed by atoms with Gasteiger partial charge in [0.05, 0.1) is 25.8 Å². The zero-order chi connectivity index (χ0) is 21.1. The highest BCUT2D eigenvalue weighted by atomic mass is 35.5. The lowest BCUT2D eigenvalue weighted by molar-refractivity contribution is 0.0594. The Labute approximate surface area is 181 Å². The number of halogens is 1. The van der Waals surface area contributed by atoms with Crippen molar-refractivity contribution in [3.8, 4) is 5.75 Å². The number of rotatable bonds is 6. The van der Waals surface area contributed by atoms with Gasteiger partial charge in [-0.05, 0) is 55.5 Å². The van der Waals surface area contributed by atoms with Crippen LogP contribution in [0, 0.1) is 12.8 Å². The van der Waals surface area contributed by atoms with Crippen molar-refractivity contribution in [3.05, 3.63) is 52.4 Å². The van der Waals surface area contributed by atoms with E-state index in [0.717, 1.165) is 29.3 Å². The van der Waals surface area contributed by atoms with Gasteiger partial charge < -0.3 is 14.0 Å². The molecular formula is C23H26ClN3O3. The third-order valence-electron chi connectivity index (χ3n) is 5.76. The summed E-state index contributed by atoms with van der Waals surface area (Å²) in [5.41, 5.74) is 2.57. The van der Waals surface area contributed by atoms with Gasteiger partial charge in [-0.3, -0.25) is 0 Å². The van der Waals surface area contributed by atoms with E-state index >= 15 is 0 Å². The molecular weight excluding hydrogens is 402 g/mol. The molecule has 4 rings (SSSR count). The van der Waals surface area contributed by atoms with Crippen molar-refractivity contribution in [2.75, 3.05) is 13.7 Å². The maximum atomic E-state index is 11.7. The topological polar surface area (TPSA) is 66.2 Å². The van der Waals surface area contributed by atoms with Gasteiger partial charge >= 0.3 is 5.97 Å². The Balaban J connectivity index is 1.50. The van der Waals surface area contributed by atoms with Gasteiger partial charge in [-0.1, -0.05) is 36.9 Å². The molecule has 0 radical (unpaired) electrons. The number of nitrogens with zero attached hydrogens (tertiary/aromatic N) is 3. The first kappa shape index (κ1) is 20.7. The Kier molecular flexibility index (Phi) is 6.23. The second-order valence-electron chi connectivity index (χ2n) is 7.84. The normalized spacial score (nSPS) is 14.8. The molecule has 0 bridgehead atoms. The molecule has 3 aromatic rings. The highest BCUT2D eigenvalue weighted by molar-refractivity contribution is 6.31. The summed E-state index contributed by atoms with van der Waals surface area (Å²) < 4.78 is 12.8. The Hall–Kier alpha value is -2.60. The molecule has 1 aliphatic rings. The fraction of sp³-hybridized carbons (Fsp3) is 0.435. The van der Waals surface area contributed by atoms with Crippen molar-refractivity contribution in [3.63, 3.8) is 0 Å². The first-order chi connectivity index (χ1) is 14.5. The highest BCUT2D eigenvalue weighted by Gasteiger charge is 2.16. The second kappa shape index (κ2) is 9.04. The number of ether oxygens (including phenoxy) is 2. The third-order valence-corrected chi connectivity index (χ3v) is 6.11. The Bertz CT molecular complexity index is 1060. The van der Waals surface area contributed by atoms with Crippen LogP contribution in [0.4, 0.5) is 0 Å². The van der Waals surface area contributed by atoms with Crippen LogP contribution >= 0.6 is 11.6 Å². The second-order valence-corrected chi connectivity index (χ2v) is 8.25. The van der Waals surface area contributed by atoms with Crippen LogP contribution < -0.4 is 4.74 Å². The molecule has 1 aliphatic carbocycles. The minimum Gasteiger partial charge on any atom is -0.493 e. The number of fused-ring (bicyclic) bond motifs is 1. The van der Waals surface area contributed by atoms with Gasteiger partial charge in [0.25, 0.3) is 0 Å². The number of imidazole rings is 1. The van der Waals surface area contributed by atoms with Crippen LogP contribution in [-0.2, 0) is 11.3 Å². The molecule has 0 amide bonds. The van der Waals surface area contributed by atoms with E-state index in [4.69, 9.17) is 21.1 Å². The van der Waals surface area contributed by atoms with Crippen molar-refractivity contribution in [2.45, 2.75) is 45.6 Å². The lowest BCUT2D eigenvalue weighted by atomic mass is 9.90. The van der Waals surface area contributed by atoms with Crippen molar-refractivity contribution < 1.29 is 14.3 Å². The molecule has 0 spiro atoms. The summed E-state index contributed by atoms with van der Waals surface area (Å²) in [6.07, 6.45) is 6.47. The first-order valence-electron chi connectivity index (χ1n) is 10.4. The predicted molar refractivity (Wildman–Crippen MR) is 116 cm³/mol. The molecule has 1 aromatic carbocycles. The molecule has 6 nitrogen and oxygen atoms in total. The van der Waals surface area contributed by atoms with Crippen molar-refractivity contribution >= 4 is 28.7 Å². The van der Waals surface area contributed by atoms with E-state index in [1.54, 1.807) is 6.07 Å². The number of carbonyl (C=O) groups excluding carboxylic acids is 1. The average Bonchev–Trinajstić information content (AvgIpc) is 3.08. The number of aryl methyl sites for hydroxylation is 1. The summed E-state index contributed by atoms with van der Waals surface area (Å²) in [5.74, 6) is 1.79. The summed E-state index contributed by atoms with van der Waals surface area (Å²) in [5, 5.41) is 0.663. The monoisotopic (exact) mass is 427 g/mol. The Morgan fingerprint density at radius 1 is 1.17 bits per heavy atom. The van der Waals surface area contributed by atoms with Gasteiger partial charge in [-0.2, -0.15) is 0 Å². The first-order valence-corrected chi connectivity index (χ1v) is 10.8. The molecule has 7 heteroatoms. The SMILES string of the molecule is COC(=O)c1ccc2c(n1)nc(C)n2Cc1ccc(OCC2CCCCC2)cc1Cl. The van der Waals surface area contributed by atoms with Crippen molar-refractivity contribution in [1.29, 1.82) is 0 Å². The smallest absolute Gasteiger partial charge is 0.356 e. The summed E-state index contributed by atoms with van der Waals surface area (Å²) in [6, 6.07) is 9.35. The molecule has 158 valence electrons. The number of hydrogen-bond acceptors (Lipinski definition) is 5. The van der Waals surface area contributed by atoms with E-state index in [-0.39, 0.29) is 5.69 Å². The van der Waals surface area contributed by atoms with E-state index in [9.17, 15) is 4.79 Å². The summed E-state index contributed by atoms with van der Waals surface area (Å²) in [6.45, 7) is 3.23. The number of pyridine rings is 1. The Morgan fingerprint density at radius 2 is 1.97 bits per heavy atom. The van der Waals surface area contributed by atoms with E-state index in [2.05, 4.69) is 9.97 Å². The van der Waals surface area contributed by atoms with Gasteiger partial charge in [-0.25, -0.2) is 14.8 Å². The summed E-state index contributed by atoms with van der Waals surface area (Å²) in [7, 11) is 1.34. The van der Waals surface area contributed by atoms with E-state index in [1.807, 2.05) is 35.8 Å². The van der Waals surface area contributed by atoms with Crippen LogP contribution in [0.3, 0.4) is 0 Å². The van der Waals surface area contributed by atoms with Crippen molar-refractivity contribution in [1.82, 2.24) is 14.5 Å². The van der Waals surface area contributed by atoms with E-state index < -0.39 is 5.97 Å². The quantitative estimate of drug-likeness (QED) is 0.506. The number of carbonyl (C=O) groups is 1. The fourth-order valence-electron chi connectivity index (χ4n) is 4.02. The van der Waals surface area contributed by atoms with Crippen LogP contribution in [0.25, 0.3) is 11.2 Å². The summed E-state index contributed by atoms with van der Waals surface area (Å²) in [4.78, 5) is 20.5. The van der Waals surface area contributed by atoms with Crippen LogP contribution in [0.5, 0.6) is 5.75 Å². The molecule has 0 unspecified atom stereocenters. The van der Waals surface area contributed by atoms with Crippen LogP contribution in [-0.4, -0.2) is 34.2 Å². The minimum atomic E-state index is -0.476. The Morgan fingerprint density at radius 3 is 2.70 bits per heavy atom. The minimum absolute atomic E-state index is 0.243. The highest BCUT2D eigenvalue weighted by Crippen LogP contribution is 2.28. The van der Waals surface area contributed by atoms with Gasteiger partial charge in [0.2, 0.25) is 0 Å². The van der Waals surface area contributed by atoms with E-state index in [1.165, 1.54) is 39.2 Å². The van der Waals surface area contributed by atoms with Crippen LogP contribution in [0.2, 0.25) is 5.02 Å². The number of methoxy groups -OCH3 is 1. The molecule has 2 heterocycles. The maximum absolute atomic E-state index is 11.7. The lowest BCUT2D eigenvalue weighted by Crippen LogP contribution is -2.15. The molecule has 0 N–H and O–H groups in total. The van der Waals surface area contributed by atoms with Gasteiger partial charge in [0.15, 0.2) is 11.3 Å². The van der Waals surface area contributed by atoms with Gasteiger partial charge in [-0.15, -0.1) is 0 Å². The molecule has 0 aliphatic heterocycles. The number of esters is 1. The van der Waals surface area contributed by atoms with Crippen LogP contribution in [0.1, 0.15) is 54.0 Å². The molecule has 0 saturated heterocycles. The maximum Gasteiger partial charge on any atom is 0.356 e. The number of hydrogen-bond donors (Lipinski definition) is 0. The fourth-order valence-corrected chi connectivity index (χ4v) is 4.25. The molecule has 0 atom stereocenters. The zero-order valence-corrected chi connectivity index (χ0v) is 18.1. The van der Waals surface area contributed by atoms with Crippen molar-refractivity contribution in [2.24, 2.45) is 5.92 Å². The standard InChI is InChI=1S/C23H26ClN3O3/c1-15-25-22-21(11-10-20(26-22)23(28)29-2)27(15)13-17-8-9-18(12-19(17)24)30-14-16-6-4-3-5-7-16/h8-12,16H,3-7,13-14H2,1-2H3. The zero-order valence-electron chi connectivity index (χ0n) is 17.4. The molecule has 2 aromatic heterocycles. The largest absolute Gasteiger partial charge is 0.493 e. The third kappa shape index (κ3) is 4.43. The number of aromatic nitrogens is 3. The van der Waals surface area contributed by atoms with Crippen LogP contribution in [0.15, 0.2) is 30.3 Å². The van der Waals surface area contributed by atoms with Gasteiger partial charge in [0, 0.05) is 5.02 Å². The molecule has 30 heavy (non-hydrogen) atoms.